The molecule has 0 aliphatic rings. The van der Waals surface area contributed by atoms with Crippen LogP contribution < -0.4 is 5.56 Å². The van der Waals surface area contributed by atoms with Gasteiger partial charge in [0.05, 0.1) is 23.5 Å². The summed E-state index contributed by atoms with van der Waals surface area (Å²) in [5.41, 5.74) is 1.73. The van der Waals surface area contributed by atoms with Crippen molar-refractivity contribution in [3.8, 4) is 0 Å². The molecule has 0 bridgehead atoms. The Morgan fingerprint density at radius 1 is 1.35 bits per heavy atom. The summed E-state index contributed by atoms with van der Waals surface area (Å²) in [5, 5.41) is 13.4. The second kappa shape index (κ2) is 5.73. The maximum Gasteiger partial charge on any atom is 0.337 e. The highest BCUT2D eigenvalue weighted by molar-refractivity contribution is 5.87. The van der Waals surface area contributed by atoms with E-state index in [4.69, 9.17) is 5.11 Å². The van der Waals surface area contributed by atoms with E-state index >= 15 is 0 Å². The van der Waals surface area contributed by atoms with E-state index in [1.807, 2.05) is 24.6 Å². The molecule has 0 aromatic carbocycles. The van der Waals surface area contributed by atoms with Gasteiger partial charge in [0, 0.05) is 18.8 Å². The van der Waals surface area contributed by atoms with Gasteiger partial charge >= 0.3 is 5.97 Å². The van der Waals surface area contributed by atoms with Gasteiger partial charge < -0.3 is 9.67 Å². The number of pyridine rings is 1. The van der Waals surface area contributed by atoms with Crippen molar-refractivity contribution in [1.82, 2.24) is 14.3 Å². The molecule has 0 saturated carbocycles. The Bertz CT molecular complexity index is 685. The molecule has 20 heavy (non-hydrogen) atoms. The van der Waals surface area contributed by atoms with Crippen molar-refractivity contribution in [3.63, 3.8) is 0 Å². The zero-order valence-electron chi connectivity index (χ0n) is 11.5. The molecule has 0 spiro atoms. The van der Waals surface area contributed by atoms with Crippen molar-refractivity contribution >= 4 is 5.97 Å². The summed E-state index contributed by atoms with van der Waals surface area (Å²) in [6.07, 6.45) is 2.19. The quantitative estimate of drug-likeness (QED) is 0.894. The normalized spacial score (nSPS) is 10.7. The summed E-state index contributed by atoms with van der Waals surface area (Å²) in [7, 11) is 0. The Morgan fingerprint density at radius 2 is 2.10 bits per heavy atom. The predicted octanol–water partition coefficient (Wildman–Crippen LogP) is 1.37. The van der Waals surface area contributed by atoms with Crippen molar-refractivity contribution in [3.05, 3.63) is 51.7 Å². The summed E-state index contributed by atoms with van der Waals surface area (Å²) in [5.74, 6) is -1.04. The van der Waals surface area contributed by atoms with E-state index in [0.29, 0.717) is 13.1 Å². The van der Waals surface area contributed by atoms with Crippen LogP contribution in [0, 0.1) is 0 Å². The van der Waals surface area contributed by atoms with Gasteiger partial charge in [-0.2, -0.15) is 5.10 Å². The molecule has 0 radical (unpaired) electrons. The number of nitrogens with zero attached hydrogens (tertiary/aromatic N) is 3. The molecule has 0 aliphatic carbocycles. The number of aromatic carboxylic acids is 1. The van der Waals surface area contributed by atoms with Crippen LogP contribution in [-0.4, -0.2) is 25.4 Å². The van der Waals surface area contributed by atoms with Crippen LogP contribution >= 0.6 is 0 Å². The first kappa shape index (κ1) is 14.0. The van der Waals surface area contributed by atoms with E-state index in [1.54, 1.807) is 0 Å². The number of hydrogen-bond donors (Lipinski definition) is 1. The Hall–Kier alpha value is -2.37. The van der Waals surface area contributed by atoms with Crippen molar-refractivity contribution in [2.24, 2.45) is 0 Å². The number of carboxylic acid groups (broad SMARTS) is 1. The Kier molecular flexibility index (Phi) is 4.02. The molecule has 2 aromatic heterocycles. The molecule has 6 heteroatoms. The SMILES string of the molecule is CCc1cc(Cn2cc(C(=O)O)ccc2=O)n(CC)n1. The second-order valence-corrected chi connectivity index (χ2v) is 4.49. The lowest BCUT2D eigenvalue weighted by molar-refractivity contribution is 0.0696. The zero-order valence-corrected chi connectivity index (χ0v) is 11.5. The third kappa shape index (κ3) is 2.79. The highest BCUT2D eigenvalue weighted by Crippen LogP contribution is 2.07. The topological polar surface area (TPSA) is 77.1 Å². The van der Waals surface area contributed by atoms with Crippen molar-refractivity contribution in [1.29, 1.82) is 0 Å². The van der Waals surface area contributed by atoms with E-state index in [-0.39, 0.29) is 11.1 Å². The van der Waals surface area contributed by atoms with Crippen LogP contribution in [0.3, 0.4) is 0 Å². The minimum absolute atomic E-state index is 0.0999. The number of carbonyl (C=O) groups is 1. The fourth-order valence-corrected chi connectivity index (χ4v) is 2.04. The average molecular weight is 275 g/mol. The first-order valence-corrected chi connectivity index (χ1v) is 6.54. The van der Waals surface area contributed by atoms with Gasteiger partial charge in [0.15, 0.2) is 0 Å². The number of hydrogen-bond acceptors (Lipinski definition) is 3. The van der Waals surface area contributed by atoms with Gasteiger partial charge in [-0.05, 0) is 25.5 Å². The minimum Gasteiger partial charge on any atom is -0.478 e. The monoisotopic (exact) mass is 275 g/mol. The molecule has 0 fully saturated rings. The van der Waals surface area contributed by atoms with E-state index < -0.39 is 5.97 Å². The molecule has 6 nitrogen and oxygen atoms in total. The van der Waals surface area contributed by atoms with Gasteiger partial charge in [-0.3, -0.25) is 9.48 Å². The zero-order chi connectivity index (χ0) is 14.7. The predicted molar refractivity (Wildman–Crippen MR) is 74.0 cm³/mol. The molecule has 0 aliphatic heterocycles. The van der Waals surface area contributed by atoms with Crippen molar-refractivity contribution < 1.29 is 9.90 Å². The molecule has 1 N–H and O–H groups in total. The van der Waals surface area contributed by atoms with Crippen LogP contribution in [0.15, 0.2) is 29.2 Å². The van der Waals surface area contributed by atoms with E-state index in [9.17, 15) is 9.59 Å². The lowest BCUT2D eigenvalue weighted by Crippen LogP contribution is -2.22. The first-order valence-electron chi connectivity index (χ1n) is 6.54. The van der Waals surface area contributed by atoms with Crippen LogP contribution in [0.25, 0.3) is 0 Å². The third-order valence-electron chi connectivity index (χ3n) is 3.14. The molecule has 106 valence electrons. The third-order valence-corrected chi connectivity index (χ3v) is 3.14. The second-order valence-electron chi connectivity index (χ2n) is 4.49. The molecule has 0 unspecified atom stereocenters. The first-order chi connectivity index (χ1) is 9.55. The number of carboxylic acids is 1. The molecular formula is C14H17N3O3. The molecule has 0 amide bonds. The van der Waals surface area contributed by atoms with E-state index in [2.05, 4.69) is 5.10 Å². The molecule has 2 aromatic rings. The number of aromatic nitrogens is 3. The molecule has 2 rings (SSSR count). The fraction of sp³-hybridized carbons (Fsp3) is 0.357. The van der Waals surface area contributed by atoms with Crippen LogP contribution in [0.5, 0.6) is 0 Å². The highest BCUT2D eigenvalue weighted by Gasteiger charge is 2.09. The summed E-state index contributed by atoms with van der Waals surface area (Å²) < 4.78 is 3.23. The molecular weight excluding hydrogens is 258 g/mol. The summed E-state index contributed by atoms with van der Waals surface area (Å²) in [6.45, 7) is 5.03. The summed E-state index contributed by atoms with van der Waals surface area (Å²) in [6, 6.07) is 4.54. The fourth-order valence-electron chi connectivity index (χ4n) is 2.04. The maximum atomic E-state index is 11.8. The minimum atomic E-state index is -1.04. The lowest BCUT2D eigenvalue weighted by Gasteiger charge is -2.08. The number of rotatable bonds is 5. The van der Waals surface area contributed by atoms with E-state index in [1.165, 1.54) is 22.9 Å². The van der Waals surface area contributed by atoms with Crippen LogP contribution in [-0.2, 0) is 19.5 Å². The van der Waals surface area contributed by atoms with Gasteiger partial charge in [-0.1, -0.05) is 6.92 Å². The Labute approximate surface area is 116 Å². The van der Waals surface area contributed by atoms with E-state index in [0.717, 1.165) is 17.8 Å². The van der Waals surface area contributed by atoms with Crippen molar-refractivity contribution in [2.45, 2.75) is 33.4 Å². The van der Waals surface area contributed by atoms with Gasteiger partial charge in [-0.25, -0.2) is 4.79 Å². The lowest BCUT2D eigenvalue weighted by atomic mass is 10.2. The standard InChI is InChI=1S/C14H17N3O3/c1-3-11-7-12(17(4-2)15-11)9-16-8-10(14(19)20)5-6-13(16)18/h5-8H,3-4,9H2,1-2H3,(H,19,20). The largest absolute Gasteiger partial charge is 0.478 e. The summed E-state index contributed by atoms with van der Waals surface area (Å²) in [4.78, 5) is 22.8. The number of aryl methyl sites for hydroxylation is 2. The van der Waals surface area contributed by atoms with Gasteiger partial charge in [0.2, 0.25) is 0 Å². The molecule has 0 atom stereocenters. The molecule has 0 saturated heterocycles. The van der Waals surface area contributed by atoms with Crippen LogP contribution in [0.4, 0.5) is 0 Å². The average Bonchev–Trinajstić information content (AvgIpc) is 2.83. The van der Waals surface area contributed by atoms with Crippen LogP contribution in [0.2, 0.25) is 0 Å². The van der Waals surface area contributed by atoms with Gasteiger partial charge in [-0.15, -0.1) is 0 Å². The Morgan fingerprint density at radius 3 is 2.70 bits per heavy atom. The van der Waals surface area contributed by atoms with Gasteiger partial charge in [0.1, 0.15) is 0 Å². The smallest absolute Gasteiger partial charge is 0.337 e. The Balaban J connectivity index is 2.38. The van der Waals surface area contributed by atoms with Crippen LogP contribution in [0.1, 0.15) is 35.6 Å². The maximum absolute atomic E-state index is 11.8. The van der Waals surface area contributed by atoms with Gasteiger partial charge in [0.25, 0.3) is 5.56 Å². The summed E-state index contributed by atoms with van der Waals surface area (Å²) >= 11 is 0. The highest BCUT2D eigenvalue weighted by atomic mass is 16.4. The molecule has 2 heterocycles. The van der Waals surface area contributed by atoms with Crippen molar-refractivity contribution in [2.75, 3.05) is 0 Å².